The van der Waals surface area contributed by atoms with Gasteiger partial charge in [0.2, 0.25) is 5.17 Å². The molecule has 1 saturated heterocycles. The zero-order valence-corrected chi connectivity index (χ0v) is 10.4. The van der Waals surface area contributed by atoms with Gasteiger partial charge in [-0.05, 0) is 37.5 Å². The van der Waals surface area contributed by atoms with Crippen LogP contribution in [-0.2, 0) is 4.79 Å². The van der Waals surface area contributed by atoms with E-state index in [0.29, 0.717) is 11.7 Å². The minimum Gasteiger partial charge on any atom is -0.285 e. The van der Waals surface area contributed by atoms with Crippen LogP contribution in [0.15, 0.2) is 5.10 Å². The second kappa shape index (κ2) is 3.38. The van der Waals surface area contributed by atoms with E-state index in [4.69, 9.17) is 0 Å². The molecule has 92 valence electrons. The predicted molar refractivity (Wildman–Crippen MR) is 65.8 cm³/mol. The molecule has 2 aliphatic heterocycles. The molecule has 2 heterocycles. The maximum atomic E-state index is 11.8. The fourth-order valence-electron chi connectivity index (χ4n) is 3.64. The molecule has 2 N–H and O–H groups in total. The van der Waals surface area contributed by atoms with Crippen LogP contribution in [-0.4, -0.2) is 27.5 Å². The molecule has 2 aliphatic carbocycles. The lowest BCUT2D eigenvalue weighted by Gasteiger charge is -2.46. The maximum Gasteiger partial charge on any atom is 0.253 e. The molecule has 0 aromatic carbocycles. The largest absolute Gasteiger partial charge is 0.285 e. The summed E-state index contributed by atoms with van der Waals surface area (Å²) in [5, 5.41) is 6.85. The number of hydrazone groups is 1. The molecule has 4 aliphatic rings. The molecule has 1 unspecified atom stereocenters. The minimum atomic E-state index is -0.156. The van der Waals surface area contributed by atoms with Crippen molar-refractivity contribution in [1.82, 2.24) is 15.9 Å². The maximum absolute atomic E-state index is 11.8. The average molecular weight is 252 g/mol. The number of hydrogen-bond donors (Lipinski definition) is 2. The number of amides is 1. The third-order valence-corrected chi connectivity index (χ3v) is 5.54. The lowest BCUT2D eigenvalue weighted by atomic mass is 9.80. The first-order valence-corrected chi connectivity index (χ1v) is 7.34. The third kappa shape index (κ3) is 1.37. The van der Waals surface area contributed by atoms with Gasteiger partial charge in [0, 0.05) is 0 Å². The van der Waals surface area contributed by atoms with Gasteiger partial charge in [-0.2, -0.15) is 10.5 Å². The van der Waals surface area contributed by atoms with Crippen LogP contribution in [0.2, 0.25) is 0 Å². The molecule has 2 bridgehead atoms. The highest BCUT2D eigenvalue weighted by Crippen LogP contribution is 2.47. The van der Waals surface area contributed by atoms with Crippen molar-refractivity contribution in [3.63, 3.8) is 0 Å². The molecule has 0 aromatic heterocycles. The summed E-state index contributed by atoms with van der Waals surface area (Å²) in [6.07, 6.45) is 6.20. The van der Waals surface area contributed by atoms with Crippen LogP contribution in [0.4, 0.5) is 0 Å². The standard InChI is InChI=1S/C11H16N4OS/c16-9-6-17-10-12-13-11(14-15(9)10)4-3-7-1-2-8(11)5-7/h7-8,13-14H,1-6H2/t7-,8-,11?/m1/s1. The highest BCUT2D eigenvalue weighted by Gasteiger charge is 2.51. The molecular weight excluding hydrogens is 236 g/mol. The Kier molecular flexibility index (Phi) is 2.03. The van der Waals surface area contributed by atoms with Gasteiger partial charge < -0.3 is 0 Å². The van der Waals surface area contributed by atoms with E-state index >= 15 is 0 Å². The van der Waals surface area contributed by atoms with Gasteiger partial charge in [0.1, 0.15) is 5.66 Å². The second-order valence-corrected chi connectivity index (χ2v) is 6.46. The van der Waals surface area contributed by atoms with E-state index in [1.807, 2.05) is 0 Å². The van der Waals surface area contributed by atoms with Crippen molar-refractivity contribution in [1.29, 1.82) is 0 Å². The first-order valence-electron chi connectivity index (χ1n) is 6.35. The van der Waals surface area contributed by atoms with Gasteiger partial charge in [0.15, 0.2) is 0 Å². The van der Waals surface area contributed by atoms with Gasteiger partial charge in [-0.3, -0.25) is 10.2 Å². The number of thioether (sulfide) groups is 1. The van der Waals surface area contributed by atoms with Crippen molar-refractivity contribution in [2.45, 2.75) is 37.8 Å². The third-order valence-electron chi connectivity index (χ3n) is 4.61. The van der Waals surface area contributed by atoms with Crippen molar-refractivity contribution in [3.8, 4) is 0 Å². The van der Waals surface area contributed by atoms with Crippen LogP contribution in [0.1, 0.15) is 32.1 Å². The fraction of sp³-hybridized carbons (Fsp3) is 0.818. The van der Waals surface area contributed by atoms with Crippen LogP contribution in [0.5, 0.6) is 0 Å². The summed E-state index contributed by atoms with van der Waals surface area (Å²) in [5.41, 5.74) is 6.59. The van der Waals surface area contributed by atoms with Crippen molar-refractivity contribution >= 4 is 22.8 Å². The number of carbonyl (C=O) groups is 1. The van der Waals surface area contributed by atoms with Gasteiger partial charge in [-0.15, -0.1) is 0 Å². The van der Waals surface area contributed by atoms with Gasteiger partial charge in [-0.25, -0.2) is 5.01 Å². The van der Waals surface area contributed by atoms with Crippen molar-refractivity contribution in [2.24, 2.45) is 16.9 Å². The SMILES string of the molecule is O=C1CSC2=NNC3(CC[C@H]4CC[C@@H]3C4)NN12. The Balaban J connectivity index is 1.65. The summed E-state index contributed by atoms with van der Waals surface area (Å²) in [7, 11) is 0. The molecule has 2 saturated carbocycles. The Labute approximate surface area is 104 Å². The molecule has 3 atom stereocenters. The molecule has 5 nitrogen and oxygen atoms in total. The zero-order chi connectivity index (χ0) is 11.5. The van der Waals surface area contributed by atoms with Gasteiger partial charge in [0.05, 0.1) is 5.75 Å². The quantitative estimate of drug-likeness (QED) is 0.671. The number of nitrogens with one attached hydrogen (secondary N) is 2. The Hall–Kier alpha value is -0.750. The Morgan fingerprint density at radius 1 is 1.41 bits per heavy atom. The molecule has 17 heavy (non-hydrogen) atoms. The molecule has 3 fully saturated rings. The van der Waals surface area contributed by atoms with E-state index < -0.39 is 0 Å². The number of rotatable bonds is 0. The van der Waals surface area contributed by atoms with Crippen LogP contribution >= 0.6 is 11.8 Å². The number of amidine groups is 1. The molecule has 0 radical (unpaired) electrons. The van der Waals surface area contributed by atoms with E-state index in [1.165, 1.54) is 37.4 Å². The first kappa shape index (κ1) is 10.2. The number of fused-ring (bicyclic) bond motifs is 4. The number of carbonyl (C=O) groups excluding carboxylic acids is 1. The highest BCUT2D eigenvalue weighted by molar-refractivity contribution is 8.15. The smallest absolute Gasteiger partial charge is 0.253 e. The summed E-state index contributed by atoms with van der Waals surface area (Å²) in [4.78, 5) is 11.8. The topological polar surface area (TPSA) is 56.7 Å². The van der Waals surface area contributed by atoms with Gasteiger partial charge >= 0.3 is 0 Å². The van der Waals surface area contributed by atoms with E-state index in [-0.39, 0.29) is 11.6 Å². The summed E-state index contributed by atoms with van der Waals surface area (Å²) in [5.74, 6) is 2.17. The van der Waals surface area contributed by atoms with Crippen LogP contribution in [0.25, 0.3) is 0 Å². The van der Waals surface area contributed by atoms with Crippen molar-refractivity contribution < 1.29 is 4.79 Å². The Morgan fingerprint density at radius 2 is 2.35 bits per heavy atom. The van der Waals surface area contributed by atoms with E-state index in [2.05, 4.69) is 16.0 Å². The molecule has 6 heteroatoms. The monoisotopic (exact) mass is 252 g/mol. The van der Waals surface area contributed by atoms with E-state index in [1.54, 1.807) is 5.01 Å². The number of hydrazine groups is 1. The van der Waals surface area contributed by atoms with Gasteiger partial charge in [0.25, 0.3) is 5.91 Å². The Morgan fingerprint density at radius 3 is 3.29 bits per heavy atom. The van der Waals surface area contributed by atoms with E-state index in [9.17, 15) is 4.79 Å². The number of hydrogen-bond acceptors (Lipinski definition) is 5. The van der Waals surface area contributed by atoms with E-state index in [0.717, 1.165) is 17.5 Å². The van der Waals surface area contributed by atoms with Crippen molar-refractivity contribution in [3.05, 3.63) is 0 Å². The summed E-state index contributed by atoms with van der Waals surface area (Å²) in [6.45, 7) is 0. The molecular formula is C11H16N4OS. The summed E-state index contributed by atoms with van der Waals surface area (Å²) < 4.78 is 0. The lowest BCUT2D eigenvalue weighted by Crippen LogP contribution is -2.69. The van der Waals surface area contributed by atoms with Crippen LogP contribution in [0.3, 0.4) is 0 Å². The average Bonchev–Trinajstić information content (AvgIpc) is 2.91. The summed E-state index contributed by atoms with van der Waals surface area (Å²) in [6, 6.07) is 0. The first-order chi connectivity index (χ1) is 8.27. The fourth-order valence-corrected chi connectivity index (χ4v) is 4.41. The molecule has 1 amide bonds. The van der Waals surface area contributed by atoms with Crippen LogP contribution < -0.4 is 10.9 Å². The number of nitrogens with zero attached hydrogens (tertiary/aromatic N) is 2. The zero-order valence-electron chi connectivity index (χ0n) is 9.61. The summed E-state index contributed by atoms with van der Waals surface area (Å²) >= 11 is 1.50. The molecule has 0 aromatic rings. The molecule has 1 spiro atoms. The lowest BCUT2D eigenvalue weighted by molar-refractivity contribution is -0.130. The van der Waals surface area contributed by atoms with Crippen molar-refractivity contribution in [2.75, 3.05) is 5.75 Å². The minimum absolute atomic E-state index is 0.134. The highest BCUT2D eigenvalue weighted by atomic mass is 32.2. The predicted octanol–water partition coefficient (Wildman–Crippen LogP) is 0.847. The Bertz CT molecular complexity index is 412. The van der Waals surface area contributed by atoms with Crippen LogP contribution in [0, 0.1) is 11.8 Å². The van der Waals surface area contributed by atoms with Gasteiger partial charge in [-0.1, -0.05) is 18.2 Å². The molecule has 4 rings (SSSR count). The normalized spacial score (nSPS) is 43.6. The second-order valence-electron chi connectivity index (χ2n) is 5.52.